The maximum Gasteiger partial charge on any atom is 0.251 e. The van der Waals surface area contributed by atoms with Crippen molar-refractivity contribution in [2.24, 2.45) is 0 Å². The molecular formula is C16H24N2O. The number of aryl methyl sites for hydroxylation is 1. The Kier molecular flexibility index (Phi) is 4.97. The van der Waals surface area contributed by atoms with Crippen molar-refractivity contribution in [1.82, 2.24) is 10.2 Å². The van der Waals surface area contributed by atoms with E-state index < -0.39 is 0 Å². The maximum absolute atomic E-state index is 12.1. The fraction of sp³-hybridized carbons (Fsp3) is 0.562. The van der Waals surface area contributed by atoms with Crippen LogP contribution in [0.3, 0.4) is 0 Å². The zero-order valence-corrected chi connectivity index (χ0v) is 12.0. The molecule has 1 fully saturated rings. The molecule has 1 aliphatic heterocycles. The highest BCUT2D eigenvalue weighted by Crippen LogP contribution is 2.12. The zero-order valence-electron chi connectivity index (χ0n) is 12.0. The minimum Gasteiger partial charge on any atom is -0.352 e. The molecule has 3 nitrogen and oxygen atoms in total. The van der Waals surface area contributed by atoms with Gasteiger partial charge in [0.05, 0.1) is 0 Å². The molecule has 1 aliphatic rings. The Labute approximate surface area is 116 Å². The number of nitrogens with one attached hydrogen (secondary N) is 1. The molecular weight excluding hydrogens is 236 g/mol. The van der Waals surface area contributed by atoms with Crippen LogP contribution in [-0.4, -0.2) is 37.0 Å². The van der Waals surface area contributed by atoms with Crippen molar-refractivity contribution in [3.05, 3.63) is 34.9 Å². The average molecular weight is 260 g/mol. The second-order valence-electron chi connectivity index (χ2n) is 5.41. The number of amides is 1. The molecule has 1 N–H and O–H groups in total. The summed E-state index contributed by atoms with van der Waals surface area (Å²) in [7, 11) is 0. The van der Waals surface area contributed by atoms with Crippen molar-refractivity contribution < 1.29 is 4.79 Å². The first-order chi connectivity index (χ1) is 9.18. The van der Waals surface area contributed by atoms with Gasteiger partial charge in [-0.05, 0) is 69.9 Å². The standard InChI is InChI=1S/C16H24N2O/c1-13-7-5-8-15(14(13)2)16(19)17-9-6-12-18-10-3-4-11-18/h5,7-8H,3-4,6,9-12H2,1-2H3,(H,17,19). The summed E-state index contributed by atoms with van der Waals surface area (Å²) < 4.78 is 0. The molecule has 2 rings (SSSR count). The number of nitrogens with zero attached hydrogens (tertiary/aromatic N) is 1. The lowest BCUT2D eigenvalue weighted by molar-refractivity contribution is 0.0951. The smallest absolute Gasteiger partial charge is 0.251 e. The van der Waals surface area contributed by atoms with E-state index in [4.69, 9.17) is 0 Å². The highest BCUT2D eigenvalue weighted by molar-refractivity contribution is 5.95. The van der Waals surface area contributed by atoms with Crippen molar-refractivity contribution in [1.29, 1.82) is 0 Å². The molecule has 0 radical (unpaired) electrons. The third kappa shape index (κ3) is 3.80. The van der Waals surface area contributed by atoms with Gasteiger partial charge in [0.1, 0.15) is 0 Å². The van der Waals surface area contributed by atoms with E-state index in [1.54, 1.807) is 0 Å². The summed E-state index contributed by atoms with van der Waals surface area (Å²) in [6, 6.07) is 5.89. The molecule has 0 saturated carbocycles. The number of likely N-dealkylation sites (tertiary alicyclic amines) is 1. The molecule has 1 heterocycles. The third-order valence-electron chi connectivity index (χ3n) is 3.98. The van der Waals surface area contributed by atoms with Crippen molar-refractivity contribution in [3.8, 4) is 0 Å². The second kappa shape index (κ2) is 6.71. The molecule has 3 heteroatoms. The number of benzene rings is 1. The quantitative estimate of drug-likeness (QED) is 0.825. The molecule has 0 bridgehead atoms. The number of carbonyl (C=O) groups excluding carboxylic acids is 1. The fourth-order valence-corrected chi connectivity index (χ4v) is 2.60. The topological polar surface area (TPSA) is 32.3 Å². The van der Waals surface area contributed by atoms with E-state index in [2.05, 4.69) is 10.2 Å². The minimum atomic E-state index is 0.0580. The van der Waals surface area contributed by atoms with Crippen LogP contribution in [-0.2, 0) is 0 Å². The number of carbonyl (C=O) groups is 1. The van der Waals surface area contributed by atoms with E-state index in [1.165, 1.54) is 31.5 Å². The summed E-state index contributed by atoms with van der Waals surface area (Å²) in [5.74, 6) is 0.0580. The van der Waals surface area contributed by atoms with E-state index in [-0.39, 0.29) is 5.91 Å². The molecule has 0 aliphatic carbocycles. The monoisotopic (exact) mass is 260 g/mol. The van der Waals surface area contributed by atoms with Gasteiger partial charge >= 0.3 is 0 Å². The summed E-state index contributed by atoms with van der Waals surface area (Å²) in [5.41, 5.74) is 3.06. The van der Waals surface area contributed by atoms with E-state index >= 15 is 0 Å². The molecule has 0 spiro atoms. The van der Waals surface area contributed by atoms with E-state index in [9.17, 15) is 4.79 Å². The van der Waals surface area contributed by atoms with Gasteiger partial charge in [-0.3, -0.25) is 4.79 Å². The fourth-order valence-electron chi connectivity index (χ4n) is 2.60. The first-order valence-electron chi connectivity index (χ1n) is 7.25. The Morgan fingerprint density at radius 3 is 2.74 bits per heavy atom. The van der Waals surface area contributed by atoms with Crippen LogP contribution in [0.4, 0.5) is 0 Å². The SMILES string of the molecule is Cc1cccc(C(=O)NCCCN2CCCC2)c1C. The lowest BCUT2D eigenvalue weighted by atomic mass is 10.0. The second-order valence-corrected chi connectivity index (χ2v) is 5.41. The molecule has 0 unspecified atom stereocenters. The van der Waals surface area contributed by atoms with Crippen LogP contribution in [0.5, 0.6) is 0 Å². The number of rotatable bonds is 5. The third-order valence-corrected chi connectivity index (χ3v) is 3.98. The van der Waals surface area contributed by atoms with Crippen LogP contribution < -0.4 is 5.32 Å². The molecule has 0 aromatic heterocycles. The minimum absolute atomic E-state index is 0.0580. The number of hydrogen-bond acceptors (Lipinski definition) is 2. The van der Waals surface area contributed by atoms with Crippen molar-refractivity contribution >= 4 is 5.91 Å². The van der Waals surface area contributed by atoms with Gasteiger partial charge in [0.25, 0.3) is 5.91 Å². The van der Waals surface area contributed by atoms with Gasteiger partial charge in [-0.15, -0.1) is 0 Å². The Bertz CT molecular complexity index is 436. The van der Waals surface area contributed by atoms with Gasteiger partial charge in [-0.2, -0.15) is 0 Å². The lowest BCUT2D eigenvalue weighted by Crippen LogP contribution is -2.29. The molecule has 1 amide bonds. The van der Waals surface area contributed by atoms with Crippen LogP contribution in [0.1, 0.15) is 40.7 Å². The maximum atomic E-state index is 12.1. The van der Waals surface area contributed by atoms with Gasteiger partial charge < -0.3 is 10.2 Å². The Balaban J connectivity index is 1.76. The summed E-state index contributed by atoms with van der Waals surface area (Å²) in [5, 5.41) is 3.03. The van der Waals surface area contributed by atoms with Crippen LogP contribution in [0, 0.1) is 13.8 Å². The van der Waals surface area contributed by atoms with Gasteiger partial charge in [0.2, 0.25) is 0 Å². The predicted molar refractivity (Wildman–Crippen MR) is 78.5 cm³/mol. The summed E-state index contributed by atoms with van der Waals surface area (Å²) in [4.78, 5) is 14.6. The lowest BCUT2D eigenvalue weighted by Gasteiger charge is -2.14. The van der Waals surface area contributed by atoms with E-state index in [0.29, 0.717) is 0 Å². The summed E-state index contributed by atoms with van der Waals surface area (Å²) in [6.07, 6.45) is 3.69. The molecule has 1 aromatic rings. The highest BCUT2D eigenvalue weighted by Gasteiger charge is 2.12. The molecule has 104 valence electrons. The average Bonchev–Trinajstić information content (AvgIpc) is 2.91. The van der Waals surface area contributed by atoms with Crippen LogP contribution >= 0.6 is 0 Å². The largest absolute Gasteiger partial charge is 0.352 e. The highest BCUT2D eigenvalue weighted by atomic mass is 16.1. The summed E-state index contributed by atoms with van der Waals surface area (Å²) in [6.45, 7) is 8.37. The van der Waals surface area contributed by atoms with Crippen LogP contribution in [0.25, 0.3) is 0 Å². The van der Waals surface area contributed by atoms with Gasteiger partial charge in [0, 0.05) is 12.1 Å². The van der Waals surface area contributed by atoms with Crippen molar-refractivity contribution in [3.63, 3.8) is 0 Å². The normalized spacial score (nSPS) is 15.7. The molecule has 19 heavy (non-hydrogen) atoms. The van der Waals surface area contributed by atoms with Crippen molar-refractivity contribution in [2.75, 3.05) is 26.2 Å². The molecule has 1 saturated heterocycles. The van der Waals surface area contributed by atoms with E-state index in [1.807, 2.05) is 32.0 Å². The zero-order chi connectivity index (χ0) is 13.7. The first-order valence-corrected chi connectivity index (χ1v) is 7.25. The first kappa shape index (κ1) is 14.1. The van der Waals surface area contributed by atoms with Crippen LogP contribution in [0.15, 0.2) is 18.2 Å². The predicted octanol–water partition coefficient (Wildman–Crippen LogP) is 2.52. The Morgan fingerprint density at radius 2 is 2.00 bits per heavy atom. The molecule has 0 atom stereocenters. The van der Waals surface area contributed by atoms with E-state index in [0.717, 1.165) is 30.6 Å². The summed E-state index contributed by atoms with van der Waals surface area (Å²) >= 11 is 0. The Morgan fingerprint density at radius 1 is 1.26 bits per heavy atom. The van der Waals surface area contributed by atoms with Crippen molar-refractivity contribution in [2.45, 2.75) is 33.1 Å². The van der Waals surface area contributed by atoms with Gasteiger partial charge in [-0.1, -0.05) is 12.1 Å². The number of hydrogen-bond donors (Lipinski definition) is 1. The molecule has 1 aromatic carbocycles. The Hall–Kier alpha value is -1.35. The van der Waals surface area contributed by atoms with Gasteiger partial charge in [0.15, 0.2) is 0 Å². The van der Waals surface area contributed by atoms with Crippen LogP contribution in [0.2, 0.25) is 0 Å². The van der Waals surface area contributed by atoms with Gasteiger partial charge in [-0.25, -0.2) is 0 Å².